The highest BCUT2D eigenvalue weighted by Crippen LogP contribution is 2.57. The molecule has 1 saturated heterocycles. The summed E-state index contributed by atoms with van der Waals surface area (Å²) in [7, 11) is 3.82. The van der Waals surface area contributed by atoms with Crippen molar-refractivity contribution in [2.75, 3.05) is 27.4 Å². The van der Waals surface area contributed by atoms with E-state index in [1.54, 1.807) is 7.05 Å². The number of phenolic OH excluding ortho intramolecular Hbond substituents is 2. The maximum Gasteiger partial charge on any atom is 0.237 e. The van der Waals surface area contributed by atoms with E-state index < -0.39 is 18.1 Å². The molecule has 3 aromatic carbocycles. The smallest absolute Gasteiger partial charge is 0.237 e. The molecule has 8 rings (SSSR count). The molecule has 5 heterocycles. The van der Waals surface area contributed by atoms with Crippen LogP contribution >= 0.6 is 0 Å². The summed E-state index contributed by atoms with van der Waals surface area (Å²) in [4.78, 5) is 21.7. The Balaban J connectivity index is 1.21. The summed E-state index contributed by atoms with van der Waals surface area (Å²) in [6.07, 6.45) is 3.46. The summed E-state index contributed by atoms with van der Waals surface area (Å²) in [5.74, 6) is 1.31. The number of H-pyrrole nitrogens is 1. The van der Waals surface area contributed by atoms with Crippen molar-refractivity contribution in [2.24, 2.45) is 0 Å². The number of aromatic nitrogens is 1. The molecule has 4 aliphatic rings. The van der Waals surface area contributed by atoms with E-state index in [2.05, 4.69) is 37.6 Å². The Bertz CT molecular complexity index is 2050. The number of benzene rings is 3. The van der Waals surface area contributed by atoms with Crippen LogP contribution in [0.4, 0.5) is 0 Å². The van der Waals surface area contributed by atoms with Crippen LogP contribution < -0.4 is 20.1 Å². The van der Waals surface area contributed by atoms with Gasteiger partial charge in [0.2, 0.25) is 12.7 Å². The second-order valence-electron chi connectivity index (χ2n) is 14.0. The average molecular weight is 663 g/mol. The Labute approximate surface area is 285 Å². The number of aromatic hydroxyl groups is 2. The van der Waals surface area contributed by atoms with Gasteiger partial charge in [0.05, 0.1) is 24.2 Å². The van der Waals surface area contributed by atoms with E-state index in [4.69, 9.17) is 9.47 Å². The molecule has 1 unspecified atom stereocenters. The molecule has 2 bridgehead atoms. The molecule has 5 N–H and O–H groups in total. The fourth-order valence-electron chi connectivity index (χ4n) is 9.07. The van der Waals surface area contributed by atoms with Gasteiger partial charge in [0.25, 0.3) is 0 Å². The highest BCUT2D eigenvalue weighted by Gasteiger charge is 2.56. The number of rotatable bonds is 6. The first kappa shape index (κ1) is 31.5. The molecule has 1 fully saturated rings. The quantitative estimate of drug-likeness (QED) is 0.207. The van der Waals surface area contributed by atoms with Gasteiger partial charge in [0.1, 0.15) is 17.5 Å². The number of aromatic amines is 1. The summed E-state index contributed by atoms with van der Waals surface area (Å²) < 4.78 is 12.0. The van der Waals surface area contributed by atoms with Crippen molar-refractivity contribution < 1.29 is 24.5 Å². The standard InChI is InChI=1S/C38H42N6O5/c1-18-10-21-12-27-29(14-39)44-28(33(43(27)5)31(21)35(46)19(18)2)13-24-32(37-36(48-17-49-37)20(3)34(24)45)30(44)16-42-38(47)26(40-4)11-22-15-41-25-9-7-6-8-23(22)25/h6-10,15,26-30,33,40-41,45-46H,11-13,16-17H2,1-5H3,(H,42,47)/t26-,27-,28?,29-,30-,33+/m0/s1. The normalized spacial score (nSPS) is 24.5. The lowest BCUT2D eigenvalue weighted by molar-refractivity contribution is -0.124. The summed E-state index contributed by atoms with van der Waals surface area (Å²) in [5, 5.41) is 41.7. The number of nitriles is 1. The van der Waals surface area contributed by atoms with Crippen molar-refractivity contribution >= 4 is 16.8 Å². The molecule has 4 aliphatic heterocycles. The average Bonchev–Trinajstić information content (AvgIpc) is 3.75. The van der Waals surface area contributed by atoms with Crippen LogP contribution in [0.15, 0.2) is 36.5 Å². The van der Waals surface area contributed by atoms with Crippen molar-refractivity contribution in [3.63, 3.8) is 0 Å². The second-order valence-corrected chi connectivity index (χ2v) is 14.0. The lowest BCUT2D eigenvalue weighted by Gasteiger charge is -2.60. The van der Waals surface area contributed by atoms with Crippen LogP contribution in [0, 0.1) is 32.1 Å². The Morgan fingerprint density at radius 1 is 1.08 bits per heavy atom. The molecule has 254 valence electrons. The maximum absolute atomic E-state index is 14.0. The minimum atomic E-state index is -0.536. The number of carbonyl (C=O) groups excluding carboxylic acids is 1. The molecule has 0 spiro atoms. The molecule has 0 radical (unpaired) electrons. The largest absolute Gasteiger partial charge is 0.507 e. The van der Waals surface area contributed by atoms with Crippen LogP contribution in [-0.4, -0.2) is 82.5 Å². The fraction of sp³-hybridized carbons (Fsp3) is 0.421. The Morgan fingerprint density at radius 3 is 2.63 bits per heavy atom. The number of likely N-dealkylation sites (N-methyl/N-ethyl adjacent to an activating group) is 2. The second kappa shape index (κ2) is 11.7. The minimum absolute atomic E-state index is 0.0244. The van der Waals surface area contributed by atoms with E-state index in [-0.39, 0.29) is 48.9 Å². The van der Waals surface area contributed by atoms with E-state index in [9.17, 15) is 20.3 Å². The number of ether oxygens (including phenoxy) is 2. The molecule has 1 aromatic heterocycles. The van der Waals surface area contributed by atoms with Gasteiger partial charge in [-0.3, -0.25) is 14.6 Å². The van der Waals surface area contributed by atoms with Gasteiger partial charge in [-0.05, 0) is 82.4 Å². The number of aryl methyl sites for hydroxylation is 1. The van der Waals surface area contributed by atoms with Gasteiger partial charge in [0, 0.05) is 58.0 Å². The number of piperazine rings is 1. The van der Waals surface area contributed by atoms with E-state index in [1.165, 1.54) is 0 Å². The first-order valence-corrected chi connectivity index (χ1v) is 17.0. The van der Waals surface area contributed by atoms with Crippen LogP contribution in [0.1, 0.15) is 56.6 Å². The third kappa shape index (κ3) is 4.61. The van der Waals surface area contributed by atoms with E-state index in [0.717, 1.165) is 49.8 Å². The minimum Gasteiger partial charge on any atom is -0.507 e. The summed E-state index contributed by atoms with van der Waals surface area (Å²) in [6, 6.07) is 10.6. The van der Waals surface area contributed by atoms with Gasteiger partial charge in [0.15, 0.2) is 11.5 Å². The summed E-state index contributed by atoms with van der Waals surface area (Å²) in [6.45, 7) is 5.97. The van der Waals surface area contributed by atoms with Crippen LogP contribution in [0.25, 0.3) is 10.9 Å². The summed E-state index contributed by atoms with van der Waals surface area (Å²) >= 11 is 0. The molecule has 0 aliphatic carbocycles. The van der Waals surface area contributed by atoms with E-state index in [1.807, 2.05) is 58.3 Å². The monoisotopic (exact) mass is 662 g/mol. The molecule has 1 amide bonds. The van der Waals surface area contributed by atoms with Crippen LogP contribution in [-0.2, 0) is 24.1 Å². The van der Waals surface area contributed by atoms with Crippen molar-refractivity contribution in [3.8, 4) is 29.1 Å². The molecule has 4 aromatic rings. The van der Waals surface area contributed by atoms with Crippen molar-refractivity contribution in [1.29, 1.82) is 5.26 Å². The summed E-state index contributed by atoms with van der Waals surface area (Å²) in [5.41, 5.74) is 7.94. The topological polar surface area (TPSA) is 146 Å². The molecule has 11 nitrogen and oxygen atoms in total. The number of carbonyl (C=O) groups is 1. The van der Waals surface area contributed by atoms with E-state index >= 15 is 0 Å². The van der Waals surface area contributed by atoms with Gasteiger partial charge < -0.3 is 35.3 Å². The van der Waals surface area contributed by atoms with Crippen LogP contribution in [0.3, 0.4) is 0 Å². The fourth-order valence-corrected chi connectivity index (χ4v) is 9.07. The van der Waals surface area contributed by atoms with E-state index in [0.29, 0.717) is 36.3 Å². The zero-order valence-corrected chi connectivity index (χ0v) is 28.4. The Morgan fingerprint density at radius 2 is 1.86 bits per heavy atom. The Kier molecular flexibility index (Phi) is 7.52. The van der Waals surface area contributed by atoms with Gasteiger partial charge in [-0.15, -0.1) is 0 Å². The first-order chi connectivity index (χ1) is 23.6. The van der Waals surface area contributed by atoms with Gasteiger partial charge in [-0.1, -0.05) is 24.3 Å². The third-order valence-corrected chi connectivity index (χ3v) is 11.7. The van der Waals surface area contributed by atoms with Crippen molar-refractivity contribution in [2.45, 2.75) is 76.3 Å². The molecular formula is C38H42N6O5. The number of nitrogens with zero attached hydrogens (tertiary/aromatic N) is 3. The number of hydrogen-bond donors (Lipinski definition) is 5. The number of phenols is 2. The predicted molar refractivity (Wildman–Crippen MR) is 184 cm³/mol. The zero-order chi connectivity index (χ0) is 34.3. The lowest BCUT2D eigenvalue weighted by Crippen LogP contribution is -2.69. The third-order valence-electron chi connectivity index (χ3n) is 11.7. The van der Waals surface area contributed by atoms with Gasteiger partial charge >= 0.3 is 0 Å². The van der Waals surface area contributed by atoms with Gasteiger partial charge in [-0.2, -0.15) is 5.26 Å². The SMILES string of the molecule is CN[C@@H](Cc1c[nH]c2ccccc12)C(=O)NC[C@H]1c2c(c(O)c(C)c3c2OCO3)CC2[C@@H]3c4c(cc(C)c(C)c4O)C[C@@H]([C@H](C#N)N21)N3C. The number of para-hydroxylation sites is 1. The number of fused-ring (bicyclic) bond motifs is 10. The lowest BCUT2D eigenvalue weighted by atomic mass is 9.71. The highest BCUT2D eigenvalue weighted by atomic mass is 16.7. The molecule has 6 atom stereocenters. The molecule has 49 heavy (non-hydrogen) atoms. The molecular weight excluding hydrogens is 620 g/mol. The van der Waals surface area contributed by atoms with Crippen molar-refractivity contribution in [1.82, 2.24) is 25.4 Å². The zero-order valence-electron chi connectivity index (χ0n) is 28.4. The van der Waals surface area contributed by atoms with Crippen LogP contribution in [0.2, 0.25) is 0 Å². The molecule has 0 saturated carbocycles. The van der Waals surface area contributed by atoms with Gasteiger partial charge in [-0.25, -0.2) is 0 Å². The Hall–Kier alpha value is -4.76. The van der Waals surface area contributed by atoms with Crippen molar-refractivity contribution in [3.05, 3.63) is 81.0 Å². The number of hydrogen-bond acceptors (Lipinski definition) is 9. The maximum atomic E-state index is 14.0. The van der Waals surface area contributed by atoms with Crippen LogP contribution in [0.5, 0.6) is 23.0 Å². The highest BCUT2D eigenvalue weighted by molar-refractivity contribution is 5.86. The predicted octanol–water partition coefficient (Wildman–Crippen LogP) is 3.95. The number of nitrogens with one attached hydrogen (secondary N) is 3. The number of amides is 1. The molecule has 11 heteroatoms. The first-order valence-electron chi connectivity index (χ1n) is 17.0.